The molecule has 0 aliphatic carbocycles. The lowest BCUT2D eigenvalue weighted by Crippen LogP contribution is -2.05. The van der Waals surface area contributed by atoms with E-state index in [2.05, 4.69) is 4.98 Å². The molecule has 0 aliphatic rings. The Morgan fingerprint density at radius 1 is 1.38 bits per heavy atom. The molecule has 0 saturated carbocycles. The highest BCUT2D eigenvalue weighted by Crippen LogP contribution is 2.09. The number of pyridine rings is 1. The van der Waals surface area contributed by atoms with Gasteiger partial charge in [-0.15, -0.1) is 0 Å². The summed E-state index contributed by atoms with van der Waals surface area (Å²) >= 11 is 0. The SMILES string of the molecule is C=O.Cc1ccc(OC(C)C)cn1. The van der Waals surface area contributed by atoms with Crippen LogP contribution < -0.4 is 4.74 Å². The maximum absolute atomic E-state index is 8.00. The van der Waals surface area contributed by atoms with E-state index in [1.807, 2.05) is 39.7 Å². The molecule has 0 spiro atoms. The third-order valence-corrected chi connectivity index (χ3v) is 1.26. The molecule has 0 radical (unpaired) electrons. The minimum atomic E-state index is 0.222. The van der Waals surface area contributed by atoms with E-state index in [4.69, 9.17) is 9.53 Å². The normalized spacial score (nSPS) is 8.92. The summed E-state index contributed by atoms with van der Waals surface area (Å²) in [7, 11) is 0. The van der Waals surface area contributed by atoms with E-state index in [1.165, 1.54) is 0 Å². The molecule has 72 valence electrons. The first-order valence-corrected chi connectivity index (χ1v) is 4.06. The Bertz CT molecular complexity index is 231. The molecule has 0 N–H and O–H groups in total. The lowest BCUT2D eigenvalue weighted by molar-refractivity contribution is -0.0979. The summed E-state index contributed by atoms with van der Waals surface area (Å²) < 4.78 is 5.41. The van der Waals surface area contributed by atoms with E-state index < -0.39 is 0 Å². The Labute approximate surface area is 78.8 Å². The molecule has 1 heterocycles. The minimum Gasteiger partial charge on any atom is -0.489 e. The average molecular weight is 181 g/mol. The second-order valence-electron chi connectivity index (χ2n) is 2.80. The molecule has 0 aromatic carbocycles. The van der Waals surface area contributed by atoms with Crippen molar-refractivity contribution in [1.82, 2.24) is 4.98 Å². The van der Waals surface area contributed by atoms with Gasteiger partial charge >= 0.3 is 0 Å². The molecule has 0 atom stereocenters. The first kappa shape index (κ1) is 11.6. The summed E-state index contributed by atoms with van der Waals surface area (Å²) in [5.74, 6) is 0.839. The summed E-state index contributed by atoms with van der Waals surface area (Å²) in [6.07, 6.45) is 1.97. The molecule has 0 bridgehead atoms. The molecule has 0 unspecified atom stereocenters. The number of carbonyl (C=O) groups excluding carboxylic acids is 1. The smallest absolute Gasteiger partial charge is 0.137 e. The Hall–Kier alpha value is -1.38. The van der Waals surface area contributed by atoms with Crippen LogP contribution in [0, 0.1) is 6.92 Å². The first-order valence-electron chi connectivity index (χ1n) is 4.06. The lowest BCUT2D eigenvalue weighted by Gasteiger charge is -2.08. The molecule has 0 saturated heterocycles. The molecule has 0 aliphatic heterocycles. The molecular weight excluding hydrogens is 166 g/mol. The van der Waals surface area contributed by atoms with Gasteiger partial charge in [-0.25, -0.2) is 0 Å². The van der Waals surface area contributed by atoms with Crippen molar-refractivity contribution in [2.24, 2.45) is 0 Å². The second kappa shape index (κ2) is 6.17. The van der Waals surface area contributed by atoms with Crippen molar-refractivity contribution < 1.29 is 9.53 Å². The maximum Gasteiger partial charge on any atom is 0.137 e. The number of ether oxygens (including phenoxy) is 1. The number of aromatic nitrogens is 1. The number of rotatable bonds is 2. The van der Waals surface area contributed by atoms with Crippen LogP contribution >= 0.6 is 0 Å². The van der Waals surface area contributed by atoms with Gasteiger partial charge in [0.1, 0.15) is 12.5 Å². The Kier molecular flexibility index (Phi) is 5.52. The predicted octanol–water partition coefficient (Wildman–Crippen LogP) is 1.99. The van der Waals surface area contributed by atoms with Gasteiger partial charge in [0.2, 0.25) is 0 Å². The highest BCUT2D eigenvalue weighted by atomic mass is 16.5. The van der Waals surface area contributed by atoms with Gasteiger partial charge in [0, 0.05) is 5.69 Å². The average Bonchev–Trinajstić information content (AvgIpc) is 2.12. The number of aryl methyl sites for hydroxylation is 1. The highest BCUT2D eigenvalue weighted by molar-refractivity contribution is 5.19. The molecular formula is C10H15NO2. The maximum atomic E-state index is 8.00. The minimum absolute atomic E-state index is 0.222. The Morgan fingerprint density at radius 3 is 2.38 bits per heavy atom. The molecule has 3 nitrogen and oxygen atoms in total. The fourth-order valence-corrected chi connectivity index (χ4v) is 0.796. The van der Waals surface area contributed by atoms with Gasteiger partial charge in [0.25, 0.3) is 0 Å². The Balaban J connectivity index is 0.000000671. The van der Waals surface area contributed by atoms with Crippen LogP contribution in [0.5, 0.6) is 5.75 Å². The van der Waals surface area contributed by atoms with Crippen molar-refractivity contribution in [2.45, 2.75) is 26.9 Å². The number of carbonyl (C=O) groups is 1. The zero-order chi connectivity index (χ0) is 10.3. The van der Waals surface area contributed by atoms with Crippen LogP contribution in [0.2, 0.25) is 0 Å². The van der Waals surface area contributed by atoms with Crippen LogP contribution in [-0.4, -0.2) is 17.9 Å². The molecule has 1 aromatic rings. The second-order valence-corrected chi connectivity index (χ2v) is 2.80. The van der Waals surface area contributed by atoms with Crippen LogP contribution in [0.1, 0.15) is 19.5 Å². The number of hydrogen-bond donors (Lipinski definition) is 0. The topological polar surface area (TPSA) is 39.2 Å². The van der Waals surface area contributed by atoms with Gasteiger partial charge in [0.05, 0.1) is 12.3 Å². The van der Waals surface area contributed by atoms with Crippen molar-refractivity contribution >= 4 is 6.79 Å². The van der Waals surface area contributed by atoms with Gasteiger partial charge in [-0.3, -0.25) is 4.98 Å². The summed E-state index contributed by atoms with van der Waals surface area (Å²) in [4.78, 5) is 12.1. The molecule has 1 aromatic heterocycles. The van der Waals surface area contributed by atoms with Gasteiger partial charge in [0.15, 0.2) is 0 Å². The van der Waals surface area contributed by atoms with Gasteiger partial charge in [-0.2, -0.15) is 0 Å². The van der Waals surface area contributed by atoms with Crippen LogP contribution in [-0.2, 0) is 4.79 Å². The zero-order valence-electron chi connectivity index (χ0n) is 8.28. The third-order valence-electron chi connectivity index (χ3n) is 1.26. The van der Waals surface area contributed by atoms with Gasteiger partial charge < -0.3 is 9.53 Å². The number of hydrogen-bond acceptors (Lipinski definition) is 3. The summed E-state index contributed by atoms with van der Waals surface area (Å²) in [6.45, 7) is 7.96. The monoisotopic (exact) mass is 181 g/mol. The van der Waals surface area contributed by atoms with E-state index in [0.717, 1.165) is 11.4 Å². The molecule has 1 rings (SSSR count). The largest absolute Gasteiger partial charge is 0.489 e. The molecule has 0 fully saturated rings. The van der Waals surface area contributed by atoms with Gasteiger partial charge in [-0.1, -0.05) is 0 Å². The molecule has 3 heteroatoms. The fourth-order valence-electron chi connectivity index (χ4n) is 0.796. The van der Waals surface area contributed by atoms with Gasteiger partial charge in [-0.05, 0) is 32.9 Å². The third kappa shape index (κ3) is 4.95. The fraction of sp³-hybridized carbons (Fsp3) is 0.400. The van der Waals surface area contributed by atoms with Crippen molar-refractivity contribution in [2.75, 3.05) is 0 Å². The summed E-state index contributed by atoms with van der Waals surface area (Å²) in [6, 6.07) is 3.88. The van der Waals surface area contributed by atoms with Crippen LogP contribution in [0.15, 0.2) is 18.3 Å². The summed E-state index contributed by atoms with van der Waals surface area (Å²) in [5.41, 5.74) is 1.01. The number of nitrogens with zero attached hydrogens (tertiary/aromatic N) is 1. The van der Waals surface area contributed by atoms with E-state index in [9.17, 15) is 0 Å². The van der Waals surface area contributed by atoms with Crippen molar-refractivity contribution in [3.05, 3.63) is 24.0 Å². The van der Waals surface area contributed by atoms with Crippen LogP contribution in [0.25, 0.3) is 0 Å². The standard InChI is InChI=1S/C9H13NO.CH2O/c1-7(2)11-9-5-4-8(3)10-6-9;1-2/h4-7H,1-3H3;1H2. The van der Waals surface area contributed by atoms with E-state index >= 15 is 0 Å². The van der Waals surface area contributed by atoms with E-state index in [1.54, 1.807) is 6.20 Å². The lowest BCUT2D eigenvalue weighted by atomic mass is 10.3. The van der Waals surface area contributed by atoms with Crippen molar-refractivity contribution in [3.8, 4) is 5.75 Å². The highest BCUT2D eigenvalue weighted by Gasteiger charge is 1.95. The molecule has 0 amide bonds. The van der Waals surface area contributed by atoms with Crippen LogP contribution in [0.4, 0.5) is 0 Å². The summed E-state index contributed by atoms with van der Waals surface area (Å²) in [5, 5.41) is 0. The predicted molar refractivity (Wildman–Crippen MR) is 51.9 cm³/mol. The van der Waals surface area contributed by atoms with Crippen molar-refractivity contribution in [1.29, 1.82) is 0 Å². The van der Waals surface area contributed by atoms with Crippen molar-refractivity contribution in [3.63, 3.8) is 0 Å². The Morgan fingerprint density at radius 2 is 2.00 bits per heavy atom. The van der Waals surface area contributed by atoms with E-state index in [-0.39, 0.29) is 6.10 Å². The molecule has 13 heavy (non-hydrogen) atoms. The quantitative estimate of drug-likeness (QED) is 0.700. The van der Waals surface area contributed by atoms with E-state index in [0.29, 0.717) is 0 Å². The first-order chi connectivity index (χ1) is 6.18. The van der Waals surface area contributed by atoms with Crippen LogP contribution in [0.3, 0.4) is 0 Å². The zero-order valence-corrected chi connectivity index (χ0v) is 8.28.